The Morgan fingerprint density at radius 2 is 1.71 bits per heavy atom. The lowest BCUT2D eigenvalue weighted by Crippen LogP contribution is -2.15. The predicted octanol–water partition coefficient (Wildman–Crippen LogP) is 4.72. The summed E-state index contributed by atoms with van der Waals surface area (Å²) >= 11 is 11.8. The Morgan fingerprint density at radius 3 is 2.33 bits per heavy atom. The molecular weight excluding hydrogens is 326 g/mol. The third-order valence-corrected chi connectivity index (χ3v) is 3.41. The van der Waals surface area contributed by atoms with Gasteiger partial charge in [-0.15, -0.1) is 0 Å². The van der Waals surface area contributed by atoms with E-state index in [0.29, 0.717) is 16.1 Å². The molecule has 0 spiro atoms. The maximum atomic E-state index is 13.0. The van der Waals surface area contributed by atoms with E-state index in [1.807, 2.05) is 0 Å². The molecule has 3 aromatic rings. The quantitative estimate of drug-likeness (QED) is 0.604. The Balaban J connectivity index is 2.33. The van der Waals surface area contributed by atoms with Gasteiger partial charge in [0.05, 0.1) is 5.56 Å². The van der Waals surface area contributed by atoms with Crippen molar-refractivity contribution in [1.29, 1.82) is 0 Å². The second-order valence-corrected chi connectivity index (χ2v) is 5.02. The van der Waals surface area contributed by atoms with Crippen molar-refractivity contribution in [2.75, 3.05) is 0 Å². The third-order valence-electron chi connectivity index (χ3n) is 2.89. The number of alkyl halides is 3. The minimum absolute atomic E-state index is 0.0876. The zero-order valence-corrected chi connectivity index (χ0v) is 11.7. The number of nitrogens with zero attached hydrogens (tertiary/aromatic N) is 3. The van der Waals surface area contributed by atoms with Gasteiger partial charge in [-0.3, -0.25) is 4.40 Å². The van der Waals surface area contributed by atoms with Crippen LogP contribution >= 0.6 is 23.2 Å². The van der Waals surface area contributed by atoms with Crippen LogP contribution in [0.2, 0.25) is 10.2 Å². The van der Waals surface area contributed by atoms with E-state index in [2.05, 4.69) is 9.97 Å². The van der Waals surface area contributed by atoms with E-state index < -0.39 is 12.0 Å². The number of hydrogen-bond acceptors (Lipinski definition) is 2. The van der Waals surface area contributed by atoms with Crippen LogP contribution in [0.4, 0.5) is 13.2 Å². The number of aromatic nitrogens is 3. The number of rotatable bonds is 1. The first-order valence-corrected chi connectivity index (χ1v) is 6.49. The standard InChI is InChI=1S/C13H6Cl2F3N3/c14-8-3-1-7(2-4-8)9-10(15)20-12(13(16,17)18)21-6-5-19-11(9)21/h1-6H. The first-order valence-electron chi connectivity index (χ1n) is 5.73. The molecule has 0 atom stereocenters. The number of hydrogen-bond donors (Lipinski definition) is 0. The van der Waals surface area contributed by atoms with E-state index >= 15 is 0 Å². The van der Waals surface area contributed by atoms with Crippen LogP contribution in [0, 0.1) is 0 Å². The van der Waals surface area contributed by atoms with Gasteiger partial charge in [-0.1, -0.05) is 35.3 Å². The van der Waals surface area contributed by atoms with Crippen LogP contribution in [-0.2, 0) is 6.18 Å². The highest BCUT2D eigenvalue weighted by Crippen LogP contribution is 2.36. The maximum Gasteiger partial charge on any atom is 0.450 e. The van der Waals surface area contributed by atoms with Gasteiger partial charge >= 0.3 is 6.18 Å². The normalized spacial score (nSPS) is 12.0. The number of benzene rings is 1. The summed E-state index contributed by atoms with van der Waals surface area (Å²) in [5.41, 5.74) is 0.998. The van der Waals surface area contributed by atoms with Gasteiger partial charge in [0.1, 0.15) is 10.8 Å². The van der Waals surface area contributed by atoms with Gasteiger partial charge in [0.2, 0.25) is 5.82 Å². The Hall–Kier alpha value is -1.79. The molecule has 1 aromatic carbocycles. The zero-order valence-electron chi connectivity index (χ0n) is 10.2. The molecule has 3 nitrogen and oxygen atoms in total. The van der Waals surface area contributed by atoms with Crippen LogP contribution in [0.15, 0.2) is 36.7 Å². The SMILES string of the molecule is FC(F)(F)c1nc(Cl)c(-c2ccc(Cl)cc2)c2nccn12. The van der Waals surface area contributed by atoms with E-state index in [1.54, 1.807) is 24.3 Å². The van der Waals surface area contributed by atoms with Gasteiger partial charge in [0.25, 0.3) is 0 Å². The molecule has 2 heterocycles. The first-order chi connectivity index (χ1) is 9.88. The third kappa shape index (κ3) is 2.45. The second-order valence-electron chi connectivity index (χ2n) is 4.23. The average Bonchev–Trinajstić information content (AvgIpc) is 2.87. The van der Waals surface area contributed by atoms with Crippen molar-refractivity contribution in [2.45, 2.75) is 6.18 Å². The molecule has 2 aromatic heterocycles. The van der Waals surface area contributed by atoms with E-state index in [1.165, 1.54) is 12.4 Å². The molecule has 0 amide bonds. The maximum absolute atomic E-state index is 13.0. The molecule has 0 bridgehead atoms. The van der Waals surface area contributed by atoms with Crippen molar-refractivity contribution in [3.63, 3.8) is 0 Å². The Labute approximate surface area is 127 Å². The van der Waals surface area contributed by atoms with Crippen LogP contribution in [0.3, 0.4) is 0 Å². The van der Waals surface area contributed by atoms with Crippen molar-refractivity contribution < 1.29 is 13.2 Å². The van der Waals surface area contributed by atoms with Gasteiger partial charge in [-0.2, -0.15) is 13.2 Å². The predicted molar refractivity (Wildman–Crippen MR) is 73.4 cm³/mol. The monoisotopic (exact) mass is 331 g/mol. The van der Waals surface area contributed by atoms with Crippen LogP contribution < -0.4 is 0 Å². The molecule has 0 saturated carbocycles. The van der Waals surface area contributed by atoms with E-state index in [-0.39, 0.29) is 10.8 Å². The Bertz CT molecular complexity index is 810. The average molecular weight is 332 g/mol. The van der Waals surface area contributed by atoms with Gasteiger partial charge < -0.3 is 0 Å². The lowest BCUT2D eigenvalue weighted by atomic mass is 10.1. The van der Waals surface area contributed by atoms with Crippen molar-refractivity contribution in [2.24, 2.45) is 0 Å². The fourth-order valence-corrected chi connectivity index (χ4v) is 2.42. The van der Waals surface area contributed by atoms with Crippen LogP contribution in [0.1, 0.15) is 5.82 Å². The summed E-state index contributed by atoms with van der Waals surface area (Å²) in [4.78, 5) is 7.43. The molecule has 0 unspecified atom stereocenters. The minimum Gasteiger partial charge on any atom is -0.280 e. The van der Waals surface area contributed by atoms with Gasteiger partial charge in [-0.25, -0.2) is 9.97 Å². The van der Waals surface area contributed by atoms with Crippen LogP contribution in [0.5, 0.6) is 0 Å². The molecule has 21 heavy (non-hydrogen) atoms. The smallest absolute Gasteiger partial charge is 0.280 e. The Morgan fingerprint density at radius 1 is 1.05 bits per heavy atom. The number of imidazole rings is 1. The highest BCUT2D eigenvalue weighted by molar-refractivity contribution is 6.33. The molecular formula is C13H6Cl2F3N3. The summed E-state index contributed by atoms with van der Waals surface area (Å²) in [5.74, 6) is -1.11. The minimum atomic E-state index is -4.62. The van der Waals surface area contributed by atoms with Crippen molar-refractivity contribution >= 4 is 28.8 Å². The number of fused-ring (bicyclic) bond motifs is 1. The van der Waals surface area contributed by atoms with Crippen molar-refractivity contribution in [3.8, 4) is 11.1 Å². The molecule has 0 fully saturated rings. The molecule has 8 heteroatoms. The van der Waals surface area contributed by atoms with Crippen LogP contribution in [-0.4, -0.2) is 14.4 Å². The summed E-state index contributed by atoms with van der Waals surface area (Å²) in [7, 11) is 0. The molecule has 3 rings (SSSR count). The Kier molecular flexibility index (Phi) is 3.30. The molecule has 0 aliphatic heterocycles. The summed E-state index contributed by atoms with van der Waals surface area (Å²) in [6, 6.07) is 6.52. The fraction of sp³-hybridized carbons (Fsp3) is 0.0769. The molecule has 0 aliphatic carbocycles. The topological polar surface area (TPSA) is 30.2 Å². The molecule has 0 aliphatic rings. The van der Waals surface area contributed by atoms with E-state index in [0.717, 1.165) is 4.40 Å². The summed E-state index contributed by atoms with van der Waals surface area (Å²) in [6.45, 7) is 0. The summed E-state index contributed by atoms with van der Waals surface area (Å²) in [6.07, 6.45) is -2.16. The molecule has 0 radical (unpaired) electrons. The van der Waals surface area contributed by atoms with E-state index in [4.69, 9.17) is 23.2 Å². The molecule has 108 valence electrons. The lowest BCUT2D eigenvalue weighted by Gasteiger charge is -2.12. The van der Waals surface area contributed by atoms with Gasteiger partial charge in [0.15, 0.2) is 0 Å². The van der Waals surface area contributed by atoms with E-state index in [9.17, 15) is 13.2 Å². The second kappa shape index (κ2) is 4.89. The summed E-state index contributed by atoms with van der Waals surface area (Å²) in [5, 5.41) is 0.248. The van der Waals surface area contributed by atoms with Crippen molar-refractivity contribution in [1.82, 2.24) is 14.4 Å². The van der Waals surface area contributed by atoms with Crippen LogP contribution in [0.25, 0.3) is 16.8 Å². The van der Waals surface area contributed by atoms with Crippen molar-refractivity contribution in [3.05, 3.63) is 52.7 Å². The largest absolute Gasteiger partial charge is 0.450 e. The lowest BCUT2D eigenvalue weighted by molar-refractivity contribution is -0.145. The number of halogens is 5. The molecule has 0 N–H and O–H groups in total. The van der Waals surface area contributed by atoms with Gasteiger partial charge in [0, 0.05) is 17.4 Å². The van der Waals surface area contributed by atoms with Gasteiger partial charge in [-0.05, 0) is 17.7 Å². The highest BCUT2D eigenvalue weighted by Gasteiger charge is 2.37. The first kappa shape index (κ1) is 14.2. The zero-order chi connectivity index (χ0) is 15.2. The molecule has 0 saturated heterocycles. The highest BCUT2D eigenvalue weighted by atomic mass is 35.5. The fourth-order valence-electron chi connectivity index (χ4n) is 2.02. The summed E-state index contributed by atoms with van der Waals surface area (Å²) < 4.78 is 39.8.